The Hall–Kier alpha value is 0.253. The normalized spacial score (nSPS) is 38.3. The highest BCUT2D eigenvalue weighted by molar-refractivity contribution is 6.92. The van der Waals surface area contributed by atoms with Crippen molar-refractivity contribution in [2.24, 2.45) is 0 Å². The van der Waals surface area contributed by atoms with Crippen molar-refractivity contribution in [2.75, 3.05) is 79.3 Å². The van der Waals surface area contributed by atoms with Crippen molar-refractivity contribution >= 4 is 106 Å². The second-order valence-corrected chi connectivity index (χ2v) is 63.9. The van der Waals surface area contributed by atoms with Gasteiger partial charge in [0.25, 0.3) is 9.28 Å². The lowest BCUT2D eigenvalue weighted by atomic mass is 10.4. The van der Waals surface area contributed by atoms with Crippen LogP contribution < -0.4 is 17.1 Å². The molecule has 86 heavy (non-hydrogen) atoms. The molecule has 14 unspecified atom stereocenters. The van der Waals surface area contributed by atoms with Gasteiger partial charge in [0.2, 0.25) is 0 Å². The fourth-order valence-electron chi connectivity index (χ4n) is 12.5. The van der Waals surface area contributed by atoms with E-state index in [9.17, 15) is 14.4 Å². The van der Waals surface area contributed by atoms with Crippen LogP contribution in [0.3, 0.4) is 0 Å². The Labute approximate surface area is 525 Å². The van der Waals surface area contributed by atoms with Gasteiger partial charge in [-0.2, -0.15) is 0 Å². The van der Waals surface area contributed by atoms with Gasteiger partial charge < -0.3 is 83.2 Å². The molecule has 14 atom stereocenters. The molecule has 8 rings (SSSR count). The maximum absolute atomic E-state index is 14.8. The van der Waals surface area contributed by atoms with E-state index in [0.717, 1.165) is 75.9 Å². The second-order valence-electron chi connectivity index (χ2n) is 26.0. The van der Waals surface area contributed by atoms with Crippen LogP contribution in [-0.2, 0) is 103 Å². The van der Waals surface area contributed by atoms with Crippen molar-refractivity contribution in [1.82, 2.24) is 13.7 Å². The summed E-state index contributed by atoms with van der Waals surface area (Å²) in [5, 5.41) is 0. The van der Waals surface area contributed by atoms with Crippen LogP contribution in [0.15, 0.2) is 14.4 Å². The first-order chi connectivity index (χ1) is 40.7. The summed E-state index contributed by atoms with van der Waals surface area (Å²) in [5.74, 6) is 0. The number of hydrogen-bond acceptors (Lipinski definition) is 22. The molecular weight excluding hydrogens is 1320 g/mol. The number of hydrogen-bond donors (Lipinski definition) is 0. The first-order valence-electron chi connectivity index (χ1n) is 32.0. The molecule has 0 bridgehead atoms. The molecule has 37 heteroatoms. The first kappa shape index (κ1) is 72.1. The van der Waals surface area contributed by atoms with E-state index in [0.29, 0.717) is 96.3 Å². The summed E-state index contributed by atoms with van der Waals surface area (Å²) in [7, 11) is -29.8. The van der Waals surface area contributed by atoms with Gasteiger partial charge in [0.1, 0.15) is 24.4 Å². The number of nitrogens with zero attached hydrogens (tertiary/aromatic N) is 3. The standard InChI is InChI=1S/C49H105N3O22Si12/c1-75-42-80(6,65-76(2)66-81(7,64-75)30-16-23-56-34-43-38-60-43)27-13-20-50-47(53)51(21-14-28-82(8)67-77(3)69-83(9,70-78(4)68-82)31-17-24-57-35-44-39-61-44)49(55)52(48(50)54)22-15-29-84(10)71-79(5)72-85(11,32-18-25-58-36-45-40-62-45)74-86(12,73-84)33-19-26-59-37-46-41-63-46/h43-46,75-79H,13-42H2,1-12H3. The van der Waals surface area contributed by atoms with Gasteiger partial charge in [0.15, 0.2) is 17.4 Å². The minimum Gasteiger partial charge on any atom is -0.439 e. The molecule has 0 saturated carbocycles. The Morgan fingerprint density at radius 2 is 0.640 bits per heavy atom. The highest BCUT2D eigenvalue weighted by Crippen LogP contribution is 2.36. The third-order valence-corrected chi connectivity index (χ3v) is 68.5. The lowest BCUT2D eigenvalue weighted by Crippen LogP contribution is -2.63. The van der Waals surface area contributed by atoms with E-state index >= 15 is 0 Å². The maximum atomic E-state index is 14.8. The Morgan fingerprint density at radius 3 is 0.988 bits per heavy atom. The quantitative estimate of drug-likeness (QED) is 0.0521. The van der Waals surface area contributed by atoms with Gasteiger partial charge >= 0.3 is 96.3 Å². The van der Waals surface area contributed by atoms with E-state index in [2.05, 4.69) is 52.4 Å². The zero-order chi connectivity index (χ0) is 61.8. The van der Waals surface area contributed by atoms with E-state index in [1.165, 1.54) is 13.7 Å². The second kappa shape index (κ2) is 32.6. The number of epoxide rings is 4. The smallest absolute Gasteiger partial charge is 0.336 e. The van der Waals surface area contributed by atoms with Crippen LogP contribution in [0.25, 0.3) is 0 Å². The highest BCUT2D eigenvalue weighted by atomic mass is 28.5. The molecule has 1 aromatic rings. The third-order valence-electron chi connectivity index (χ3n) is 16.4. The van der Waals surface area contributed by atoms with Gasteiger partial charge in [0, 0.05) is 46.1 Å². The van der Waals surface area contributed by atoms with Gasteiger partial charge in [-0.3, -0.25) is 0 Å². The summed E-state index contributed by atoms with van der Waals surface area (Å²) >= 11 is 0. The van der Waals surface area contributed by atoms with E-state index in [4.69, 9.17) is 83.2 Å². The fraction of sp³-hybridized carbons (Fsp3) is 0.939. The van der Waals surface area contributed by atoms with Crippen molar-refractivity contribution in [3.05, 3.63) is 31.5 Å². The van der Waals surface area contributed by atoms with Crippen molar-refractivity contribution in [3.8, 4) is 0 Å². The molecule has 0 spiro atoms. The number of aromatic nitrogens is 3. The average molecular weight is 1430 g/mol. The molecule has 7 saturated heterocycles. The molecule has 0 N–H and O–H groups in total. The Bertz CT molecular complexity index is 2330. The summed E-state index contributed by atoms with van der Waals surface area (Å²) in [5.41, 5.74) is -0.997. The van der Waals surface area contributed by atoms with Crippen molar-refractivity contribution in [3.63, 3.8) is 0 Å². The molecule has 25 nitrogen and oxygen atoms in total. The van der Waals surface area contributed by atoms with Crippen LogP contribution >= 0.6 is 0 Å². The summed E-state index contributed by atoms with van der Waals surface area (Å²) in [6.07, 6.45) is 5.34. The number of rotatable bonds is 36. The zero-order valence-corrected chi connectivity index (χ0v) is 66.5. The van der Waals surface area contributed by atoms with Crippen molar-refractivity contribution in [2.45, 2.75) is 216 Å². The molecule has 0 aromatic carbocycles. The van der Waals surface area contributed by atoms with Gasteiger partial charge in [0.05, 0.1) is 52.9 Å². The minimum absolute atomic E-state index is 0.0577. The summed E-state index contributed by atoms with van der Waals surface area (Å²) in [6, 6.07) is 4.69. The van der Waals surface area contributed by atoms with Gasteiger partial charge in [-0.05, 0) is 171 Å². The molecule has 0 amide bonds. The topological polar surface area (TPSA) is 255 Å². The van der Waals surface area contributed by atoms with Crippen LogP contribution in [0.4, 0.5) is 0 Å². The fourth-order valence-corrected chi connectivity index (χ4v) is 72.0. The Kier molecular flexibility index (Phi) is 27.3. The van der Waals surface area contributed by atoms with Crippen LogP contribution in [0, 0.1) is 0 Å². The molecule has 496 valence electrons. The lowest BCUT2D eigenvalue weighted by molar-refractivity contribution is 0.114. The molecule has 0 radical (unpaired) electrons. The summed E-state index contributed by atoms with van der Waals surface area (Å²) in [4.78, 5) is 44.4. The van der Waals surface area contributed by atoms with Gasteiger partial charge in [-0.1, -0.05) is 0 Å². The van der Waals surface area contributed by atoms with Crippen molar-refractivity contribution in [1.29, 1.82) is 0 Å². The van der Waals surface area contributed by atoms with Crippen molar-refractivity contribution < 1.29 is 83.2 Å². The Morgan fingerprint density at radius 1 is 0.372 bits per heavy atom. The van der Waals surface area contributed by atoms with E-state index in [1.807, 2.05) is 26.2 Å². The largest absolute Gasteiger partial charge is 0.439 e. The molecule has 1 aromatic heterocycles. The summed E-state index contributed by atoms with van der Waals surface area (Å²) < 4.78 is 125. The Balaban J connectivity index is 0.954. The lowest BCUT2D eigenvalue weighted by Gasteiger charge is -2.47. The molecule has 7 aliphatic heterocycles. The minimum atomic E-state index is -3.08. The third kappa shape index (κ3) is 24.2. The van der Waals surface area contributed by atoms with Crippen LogP contribution in [0.2, 0.25) is 127 Å². The average Bonchev–Trinajstić information content (AvgIpc) is 3.07. The highest BCUT2D eigenvalue weighted by Gasteiger charge is 2.52. The summed E-state index contributed by atoms with van der Waals surface area (Å²) in [6.45, 7) is 33.3. The monoisotopic (exact) mass is 1420 g/mol. The van der Waals surface area contributed by atoms with Crippen LogP contribution in [-0.4, -0.2) is 223 Å². The predicted molar refractivity (Wildman–Crippen MR) is 351 cm³/mol. The maximum Gasteiger partial charge on any atom is 0.336 e. The molecule has 0 aliphatic carbocycles. The SMILES string of the molecule is C[SiH]1C[Si](C)(CCCn2c(=O)n(CCC[Si]3(C)O[SiH](C)O[Si](C)(CCCOCC4CO4)O[SiH](C)O3)c(=O)n(CCC[Si]3(C)O[SiH](C)O[Si](C)(CCCOCC4CO4)O[Si](C)(CCCOCC4CO4)O3)c2=O)O[SiH](C)O[Si](C)(CCCOCC2CO2)O1. The van der Waals surface area contributed by atoms with E-state index < -0.39 is 123 Å². The van der Waals surface area contributed by atoms with Crippen LogP contribution in [0.5, 0.6) is 0 Å². The molecular formula is C49H105N3O22Si12. The molecule has 7 aliphatic rings. The van der Waals surface area contributed by atoms with Gasteiger partial charge in [-0.15, -0.1) is 0 Å². The number of ether oxygens (including phenoxy) is 8. The first-order valence-corrected chi connectivity index (χ1v) is 60.8. The van der Waals surface area contributed by atoms with Crippen LogP contribution in [0.1, 0.15) is 44.9 Å². The molecule has 7 fully saturated rings. The van der Waals surface area contributed by atoms with E-state index in [-0.39, 0.29) is 44.1 Å². The molecule has 8 heterocycles. The van der Waals surface area contributed by atoms with E-state index in [1.54, 1.807) is 0 Å². The zero-order valence-electron chi connectivity index (χ0n) is 53.7. The predicted octanol–water partition coefficient (Wildman–Crippen LogP) is 4.09. The van der Waals surface area contributed by atoms with Gasteiger partial charge in [-0.25, -0.2) is 28.1 Å².